The van der Waals surface area contributed by atoms with Crippen LogP contribution in [0.15, 0.2) is 0 Å². The highest BCUT2D eigenvalue weighted by Crippen LogP contribution is 2.22. The van der Waals surface area contributed by atoms with E-state index in [0.29, 0.717) is 18.4 Å². The van der Waals surface area contributed by atoms with Crippen molar-refractivity contribution >= 4 is 5.97 Å². The van der Waals surface area contributed by atoms with Crippen LogP contribution in [0.25, 0.3) is 0 Å². The van der Waals surface area contributed by atoms with Gasteiger partial charge in [0.1, 0.15) is 6.04 Å². The molecule has 0 aromatic carbocycles. The summed E-state index contributed by atoms with van der Waals surface area (Å²) in [5.74, 6) is 0.487. The Morgan fingerprint density at radius 3 is 2.78 bits per heavy atom. The molecule has 1 heterocycles. The Labute approximate surface area is 110 Å². The summed E-state index contributed by atoms with van der Waals surface area (Å²) < 4.78 is 5.57. The van der Waals surface area contributed by atoms with Gasteiger partial charge in [-0.25, -0.2) is 0 Å². The quantitative estimate of drug-likeness (QED) is 0.711. The molecule has 0 spiro atoms. The summed E-state index contributed by atoms with van der Waals surface area (Å²) >= 11 is 0. The van der Waals surface area contributed by atoms with E-state index in [-0.39, 0.29) is 6.04 Å². The van der Waals surface area contributed by atoms with Crippen molar-refractivity contribution in [1.82, 2.24) is 4.90 Å². The van der Waals surface area contributed by atoms with Gasteiger partial charge in [-0.2, -0.15) is 0 Å². The lowest BCUT2D eigenvalue weighted by Gasteiger charge is -2.35. The van der Waals surface area contributed by atoms with E-state index >= 15 is 0 Å². The van der Waals surface area contributed by atoms with Crippen LogP contribution in [-0.4, -0.2) is 48.3 Å². The minimum absolute atomic E-state index is 0.317. The van der Waals surface area contributed by atoms with Crippen molar-refractivity contribution in [2.75, 3.05) is 26.3 Å². The van der Waals surface area contributed by atoms with Gasteiger partial charge in [0.05, 0.1) is 6.61 Å². The van der Waals surface area contributed by atoms with Crippen molar-refractivity contribution < 1.29 is 14.6 Å². The third kappa shape index (κ3) is 5.36. The first-order valence-electron chi connectivity index (χ1n) is 7.05. The Balaban J connectivity index is 2.24. The number of piperidine rings is 1. The number of carboxylic acids is 1. The fourth-order valence-electron chi connectivity index (χ4n) is 2.32. The summed E-state index contributed by atoms with van der Waals surface area (Å²) in [6, 6.07) is -0.317. The maximum absolute atomic E-state index is 11.2. The Morgan fingerprint density at radius 2 is 2.17 bits per heavy atom. The van der Waals surface area contributed by atoms with Crippen LogP contribution in [0.2, 0.25) is 0 Å². The van der Waals surface area contributed by atoms with Gasteiger partial charge in [-0.15, -0.1) is 0 Å². The van der Waals surface area contributed by atoms with E-state index in [0.717, 1.165) is 39.0 Å². The summed E-state index contributed by atoms with van der Waals surface area (Å²) in [5.41, 5.74) is 0. The molecule has 0 aromatic rings. The van der Waals surface area contributed by atoms with E-state index in [9.17, 15) is 9.90 Å². The van der Waals surface area contributed by atoms with Crippen molar-refractivity contribution in [3.8, 4) is 0 Å². The van der Waals surface area contributed by atoms with Crippen molar-refractivity contribution in [2.45, 2.75) is 46.1 Å². The van der Waals surface area contributed by atoms with Crippen molar-refractivity contribution in [3.05, 3.63) is 0 Å². The topological polar surface area (TPSA) is 49.8 Å². The zero-order chi connectivity index (χ0) is 13.5. The minimum atomic E-state index is -0.691. The number of carbonyl (C=O) groups is 1. The van der Waals surface area contributed by atoms with Crippen LogP contribution < -0.4 is 0 Å². The molecule has 1 fully saturated rings. The lowest BCUT2D eigenvalue weighted by Crippen LogP contribution is -2.48. The van der Waals surface area contributed by atoms with E-state index in [1.165, 1.54) is 0 Å². The van der Waals surface area contributed by atoms with Gasteiger partial charge in [0.2, 0.25) is 0 Å². The normalized spacial score (nSPS) is 25.6. The van der Waals surface area contributed by atoms with Gasteiger partial charge in [0.15, 0.2) is 0 Å². The minimum Gasteiger partial charge on any atom is -0.480 e. The summed E-state index contributed by atoms with van der Waals surface area (Å²) in [7, 11) is 0. The maximum atomic E-state index is 11.2. The molecule has 2 unspecified atom stereocenters. The van der Waals surface area contributed by atoms with E-state index in [1.807, 2.05) is 0 Å². The molecular formula is C14H27NO3. The number of rotatable bonds is 7. The van der Waals surface area contributed by atoms with Crippen LogP contribution in [0.5, 0.6) is 0 Å². The molecule has 0 bridgehead atoms. The predicted octanol–water partition coefficient (Wildman–Crippen LogP) is 2.23. The zero-order valence-electron chi connectivity index (χ0n) is 11.9. The monoisotopic (exact) mass is 257 g/mol. The largest absolute Gasteiger partial charge is 0.480 e. The van der Waals surface area contributed by atoms with Gasteiger partial charge in [-0.05, 0) is 37.6 Å². The van der Waals surface area contributed by atoms with Crippen molar-refractivity contribution in [1.29, 1.82) is 0 Å². The third-order valence-corrected chi connectivity index (χ3v) is 3.62. The molecule has 0 radical (unpaired) electrons. The standard InChI is InChI=1S/C14H27NO3/c1-11(2)5-8-18-9-7-15-6-4-12(3)10-13(15)14(16)17/h11-13H,4-10H2,1-3H3,(H,16,17). The Bertz CT molecular complexity index is 255. The van der Waals surface area contributed by atoms with Crippen molar-refractivity contribution in [2.24, 2.45) is 11.8 Å². The first kappa shape index (κ1) is 15.4. The van der Waals surface area contributed by atoms with Gasteiger partial charge < -0.3 is 9.84 Å². The Hall–Kier alpha value is -0.610. The fraction of sp³-hybridized carbons (Fsp3) is 0.929. The second kappa shape index (κ2) is 7.74. The molecular weight excluding hydrogens is 230 g/mol. The van der Waals surface area contributed by atoms with Gasteiger partial charge in [-0.1, -0.05) is 20.8 Å². The fourth-order valence-corrected chi connectivity index (χ4v) is 2.32. The number of aliphatic carboxylic acids is 1. The van der Waals surface area contributed by atoms with Crippen LogP contribution in [-0.2, 0) is 9.53 Å². The molecule has 4 heteroatoms. The lowest BCUT2D eigenvalue weighted by molar-refractivity contribution is -0.145. The van der Waals surface area contributed by atoms with Gasteiger partial charge in [0, 0.05) is 13.2 Å². The number of ether oxygens (including phenoxy) is 1. The van der Waals surface area contributed by atoms with E-state index < -0.39 is 5.97 Å². The molecule has 4 nitrogen and oxygen atoms in total. The molecule has 1 saturated heterocycles. The summed E-state index contributed by atoms with van der Waals surface area (Å²) in [5, 5.41) is 9.22. The molecule has 1 rings (SSSR count). The second-order valence-corrected chi connectivity index (χ2v) is 5.81. The number of hydrogen-bond donors (Lipinski definition) is 1. The molecule has 18 heavy (non-hydrogen) atoms. The molecule has 0 saturated carbocycles. The molecule has 0 aliphatic carbocycles. The highest BCUT2D eigenvalue weighted by Gasteiger charge is 2.31. The summed E-state index contributed by atoms with van der Waals surface area (Å²) in [6.07, 6.45) is 2.93. The second-order valence-electron chi connectivity index (χ2n) is 5.81. The van der Waals surface area contributed by atoms with E-state index in [4.69, 9.17) is 4.74 Å². The summed E-state index contributed by atoms with van der Waals surface area (Å²) in [6.45, 7) is 9.52. The SMILES string of the molecule is CC(C)CCOCCN1CCC(C)CC1C(=O)O. The average molecular weight is 257 g/mol. The van der Waals surface area contributed by atoms with Crippen LogP contribution in [0.1, 0.15) is 40.0 Å². The Kier molecular flexibility index (Phi) is 6.65. The smallest absolute Gasteiger partial charge is 0.320 e. The van der Waals surface area contributed by atoms with Crippen LogP contribution >= 0.6 is 0 Å². The van der Waals surface area contributed by atoms with Crippen LogP contribution in [0.4, 0.5) is 0 Å². The highest BCUT2D eigenvalue weighted by atomic mass is 16.5. The first-order chi connectivity index (χ1) is 8.50. The molecule has 0 aromatic heterocycles. The molecule has 106 valence electrons. The molecule has 2 atom stereocenters. The molecule has 0 amide bonds. The molecule has 1 aliphatic rings. The molecule has 1 aliphatic heterocycles. The highest BCUT2D eigenvalue weighted by molar-refractivity contribution is 5.73. The van der Waals surface area contributed by atoms with Crippen molar-refractivity contribution in [3.63, 3.8) is 0 Å². The predicted molar refractivity (Wildman–Crippen MR) is 71.7 cm³/mol. The average Bonchev–Trinajstić information content (AvgIpc) is 2.29. The van der Waals surface area contributed by atoms with Gasteiger partial charge >= 0.3 is 5.97 Å². The maximum Gasteiger partial charge on any atom is 0.320 e. The Morgan fingerprint density at radius 1 is 1.44 bits per heavy atom. The first-order valence-corrected chi connectivity index (χ1v) is 7.05. The summed E-state index contributed by atoms with van der Waals surface area (Å²) in [4.78, 5) is 13.3. The lowest BCUT2D eigenvalue weighted by atomic mass is 9.92. The van der Waals surface area contributed by atoms with Gasteiger partial charge in [0.25, 0.3) is 0 Å². The number of likely N-dealkylation sites (tertiary alicyclic amines) is 1. The number of carboxylic acid groups (broad SMARTS) is 1. The van der Waals surface area contributed by atoms with E-state index in [2.05, 4.69) is 25.7 Å². The van der Waals surface area contributed by atoms with Gasteiger partial charge in [-0.3, -0.25) is 9.69 Å². The molecule has 1 N–H and O–H groups in total. The third-order valence-electron chi connectivity index (χ3n) is 3.62. The number of nitrogens with zero attached hydrogens (tertiary/aromatic N) is 1. The van der Waals surface area contributed by atoms with Crippen LogP contribution in [0, 0.1) is 11.8 Å². The zero-order valence-corrected chi connectivity index (χ0v) is 11.9. The van der Waals surface area contributed by atoms with Crippen LogP contribution in [0.3, 0.4) is 0 Å². The van der Waals surface area contributed by atoms with E-state index in [1.54, 1.807) is 0 Å². The number of hydrogen-bond acceptors (Lipinski definition) is 3.